The van der Waals surface area contributed by atoms with Crippen molar-refractivity contribution in [2.45, 2.75) is 38.8 Å². The molecule has 0 bridgehead atoms. The number of hydrogen-bond acceptors (Lipinski definition) is 3. The van der Waals surface area contributed by atoms with Gasteiger partial charge in [0.05, 0.1) is 6.61 Å². The van der Waals surface area contributed by atoms with Crippen molar-refractivity contribution >= 4 is 41.4 Å². The fraction of sp³-hybridized carbons (Fsp3) is 0.391. The SMILES string of the molecule is Cl.Cl.OCCNc1cccc(CNCCc2c3n(c4ccccc24)CCCC3)c1. The Morgan fingerprint density at radius 3 is 2.69 bits per heavy atom. The van der Waals surface area contributed by atoms with Gasteiger partial charge in [-0.25, -0.2) is 0 Å². The van der Waals surface area contributed by atoms with Crippen LogP contribution in [0.4, 0.5) is 5.69 Å². The third kappa shape index (κ3) is 5.46. The second-order valence-electron chi connectivity index (χ2n) is 7.33. The molecule has 0 atom stereocenters. The summed E-state index contributed by atoms with van der Waals surface area (Å²) in [5.41, 5.74) is 6.83. The van der Waals surface area contributed by atoms with E-state index >= 15 is 0 Å². The summed E-state index contributed by atoms with van der Waals surface area (Å²) < 4.78 is 2.55. The Morgan fingerprint density at radius 2 is 1.83 bits per heavy atom. The van der Waals surface area contributed by atoms with E-state index in [2.05, 4.69) is 57.7 Å². The first-order chi connectivity index (χ1) is 13.4. The molecule has 1 aliphatic rings. The molecule has 0 spiro atoms. The molecule has 0 aliphatic carbocycles. The molecule has 0 fully saturated rings. The monoisotopic (exact) mass is 435 g/mol. The number of nitrogens with zero attached hydrogens (tertiary/aromatic N) is 1. The summed E-state index contributed by atoms with van der Waals surface area (Å²) >= 11 is 0. The molecule has 6 heteroatoms. The van der Waals surface area contributed by atoms with Gasteiger partial charge >= 0.3 is 0 Å². The Labute approximate surface area is 185 Å². The molecule has 29 heavy (non-hydrogen) atoms. The van der Waals surface area contributed by atoms with Crippen molar-refractivity contribution in [3.63, 3.8) is 0 Å². The molecular formula is C23H31Cl2N3O. The molecule has 0 amide bonds. The van der Waals surface area contributed by atoms with Crippen LogP contribution < -0.4 is 10.6 Å². The molecule has 3 aromatic rings. The standard InChI is InChI=1S/C23H29N3O.2ClH/c27-15-13-25-19-7-5-6-18(16-19)17-24-12-11-21-20-8-1-2-9-22(20)26-14-4-3-10-23(21)26;;/h1-2,5-9,16,24-25,27H,3-4,10-15,17H2;2*1H. The number of aromatic nitrogens is 1. The molecule has 4 rings (SSSR count). The van der Waals surface area contributed by atoms with E-state index in [0.29, 0.717) is 6.54 Å². The van der Waals surface area contributed by atoms with Gasteiger partial charge in [-0.2, -0.15) is 0 Å². The Bertz CT molecular complexity index is 910. The van der Waals surface area contributed by atoms with Gasteiger partial charge in [0.2, 0.25) is 0 Å². The smallest absolute Gasteiger partial charge is 0.0604 e. The molecule has 1 aliphatic heterocycles. The topological polar surface area (TPSA) is 49.2 Å². The van der Waals surface area contributed by atoms with Crippen molar-refractivity contribution in [1.82, 2.24) is 9.88 Å². The molecule has 158 valence electrons. The average Bonchev–Trinajstić information content (AvgIpc) is 3.04. The van der Waals surface area contributed by atoms with Crippen LogP contribution in [-0.4, -0.2) is 29.4 Å². The van der Waals surface area contributed by atoms with Gasteiger partial charge in [0.15, 0.2) is 0 Å². The molecule has 0 radical (unpaired) electrons. The lowest BCUT2D eigenvalue weighted by Gasteiger charge is -2.17. The Hall–Kier alpha value is -1.72. The number of halogens is 2. The predicted octanol–water partition coefficient (Wildman–Crippen LogP) is 4.56. The summed E-state index contributed by atoms with van der Waals surface area (Å²) in [6.07, 6.45) is 4.89. The van der Waals surface area contributed by atoms with Gasteiger partial charge in [-0.15, -0.1) is 24.8 Å². The largest absolute Gasteiger partial charge is 0.395 e. The van der Waals surface area contributed by atoms with Crippen molar-refractivity contribution < 1.29 is 5.11 Å². The van der Waals surface area contributed by atoms with Crippen molar-refractivity contribution in [2.24, 2.45) is 0 Å². The summed E-state index contributed by atoms with van der Waals surface area (Å²) in [6.45, 7) is 3.75. The quantitative estimate of drug-likeness (QED) is 0.454. The average molecular weight is 436 g/mol. The van der Waals surface area contributed by atoms with Gasteiger partial charge in [-0.3, -0.25) is 0 Å². The van der Waals surface area contributed by atoms with E-state index in [-0.39, 0.29) is 31.4 Å². The van der Waals surface area contributed by atoms with Crippen molar-refractivity contribution in [2.75, 3.05) is 25.0 Å². The number of benzene rings is 2. The Kier molecular flexibility index (Phi) is 9.31. The fourth-order valence-electron chi connectivity index (χ4n) is 4.25. The van der Waals surface area contributed by atoms with E-state index in [0.717, 1.165) is 31.7 Å². The lowest BCUT2D eigenvalue weighted by atomic mass is 10.0. The number of nitrogens with one attached hydrogen (secondary N) is 2. The predicted molar refractivity (Wildman–Crippen MR) is 127 cm³/mol. The van der Waals surface area contributed by atoms with Gasteiger partial charge in [-0.1, -0.05) is 30.3 Å². The van der Waals surface area contributed by atoms with Gasteiger partial charge in [0.25, 0.3) is 0 Å². The maximum absolute atomic E-state index is 8.94. The Balaban J connectivity index is 0.00000150. The summed E-state index contributed by atoms with van der Waals surface area (Å²) in [5.74, 6) is 0. The van der Waals surface area contributed by atoms with Crippen molar-refractivity contribution in [3.05, 3.63) is 65.4 Å². The highest BCUT2D eigenvalue weighted by Gasteiger charge is 2.18. The van der Waals surface area contributed by atoms with Gasteiger partial charge < -0.3 is 20.3 Å². The Morgan fingerprint density at radius 1 is 0.966 bits per heavy atom. The molecule has 0 saturated carbocycles. The second-order valence-corrected chi connectivity index (χ2v) is 7.33. The maximum atomic E-state index is 8.94. The van der Waals surface area contributed by atoms with Crippen LogP contribution in [0.25, 0.3) is 10.9 Å². The highest BCUT2D eigenvalue weighted by molar-refractivity contribution is 5.86. The number of anilines is 1. The van der Waals surface area contributed by atoms with Crippen molar-refractivity contribution in [1.29, 1.82) is 0 Å². The van der Waals surface area contributed by atoms with Crippen LogP contribution in [0.2, 0.25) is 0 Å². The third-order valence-corrected chi connectivity index (χ3v) is 5.49. The van der Waals surface area contributed by atoms with Crippen LogP contribution in [0.3, 0.4) is 0 Å². The number of hydrogen-bond donors (Lipinski definition) is 3. The number of para-hydroxylation sites is 1. The minimum absolute atomic E-state index is 0. The van der Waals surface area contributed by atoms with E-state index in [1.54, 1.807) is 5.69 Å². The van der Waals surface area contributed by atoms with Crippen LogP contribution in [0.1, 0.15) is 29.7 Å². The normalized spacial score (nSPS) is 12.7. The van der Waals surface area contributed by atoms with Crippen LogP contribution in [0.5, 0.6) is 0 Å². The highest BCUT2D eigenvalue weighted by atomic mass is 35.5. The van der Waals surface area contributed by atoms with Gasteiger partial charge in [0.1, 0.15) is 0 Å². The molecule has 0 unspecified atom stereocenters. The zero-order valence-corrected chi connectivity index (χ0v) is 18.3. The highest BCUT2D eigenvalue weighted by Crippen LogP contribution is 2.30. The number of aliphatic hydroxyl groups excluding tert-OH is 1. The molecule has 2 heterocycles. The van der Waals surface area contributed by atoms with E-state index in [4.69, 9.17) is 5.11 Å². The first-order valence-corrected chi connectivity index (χ1v) is 10.1. The van der Waals surface area contributed by atoms with Crippen LogP contribution >= 0.6 is 24.8 Å². The summed E-state index contributed by atoms with van der Waals surface area (Å²) in [6, 6.07) is 17.3. The fourth-order valence-corrected chi connectivity index (χ4v) is 4.25. The number of aryl methyl sites for hydroxylation is 1. The molecular weight excluding hydrogens is 405 g/mol. The minimum Gasteiger partial charge on any atom is -0.395 e. The molecule has 2 aromatic carbocycles. The zero-order chi connectivity index (χ0) is 18.5. The van der Waals surface area contributed by atoms with Crippen LogP contribution in [0.15, 0.2) is 48.5 Å². The summed E-state index contributed by atoms with van der Waals surface area (Å²) in [5, 5.41) is 17.2. The van der Waals surface area contributed by atoms with Gasteiger partial charge in [-0.05, 0) is 61.6 Å². The van der Waals surface area contributed by atoms with E-state index in [1.807, 2.05) is 6.07 Å². The van der Waals surface area contributed by atoms with Crippen molar-refractivity contribution in [3.8, 4) is 0 Å². The number of rotatable bonds is 8. The summed E-state index contributed by atoms with van der Waals surface area (Å²) in [7, 11) is 0. The lowest BCUT2D eigenvalue weighted by molar-refractivity contribution is 0.311. The molecule has 1 aromatic heterocycles. The molecule has 0 saturated heterocycles. The second kappa shape index (κ2) is 11.5. The van der Waals surface area contributed by atoms with Crippen LogP contribution in [-0.2, 0) is 25.9 Å². The molecule has 4 nitrogen and oxygen atoms in total. The summed E-state index contributed by atoms with van der Waals surface area (Å²) in [4.78, 5) is 0. The van der Waals surface area contributed by atoms with E-state index in [9.17, 15) is 0 Å². The van der Waals surface area contributed by atoms with E-state index < -0.39 is 0 Å². The first-order valence-electron chi connectivity index (χ1n) is 10.1. The lowest BCUT2D eigenvalue weighted by Crippen LogP contribution is -2.18. The molecule has 3 N–H and O–H groups in total. The number of aliphatic hydroxyl groups is 1. The maximum Gasteiger partial charge on any atom is 0.0604 e. The zero-order valence-electron chi connectivity index (χ0n) is 16.7. The van der Waals surface area contributed by atoms with Gasteiger partial charge in [0, 0.05) is 41.9 Å². The first kappa shape index (κ1) is 23.6. The van der Waals surface area contributed by atoms with Crippen LogP contribution in [0, 0.1) is 0 Å². The minimum atomic E-state index is 0. The van der Waals surface area contributed by atoms with E-state index in [1.165, 1.54) is 41.3 Å². The third-order valence-electron chi connectivity index (χ3n) is 5.49. The number of fused-ring (bicyclic) bond motifs is 3.